The molecular weight excluding hydrogens is 843 g/mol. The van der Waals surface area contributed by atoms with Crippen molar-refractivity contribution in [2.75, 3.05) is 130 Å². The van der Waals surface area contributed by atoms with E-state index >= 15 is 0 Å². The van der Waals surface area contributed by atoms with Gasteiger partial charge in [0.2, 0.25) is 17.3 Å². The monoisotopic (exact) mass is 895 g/mol. The number of rotatable bonds is 19. The lowest BCUT2D eigenvalue weighted by molar-refractivity contribution is -0.385. The van der Waals surface area contributed by atoms with Gasteiger partial charge in [0.1, 0.15) is 16.7 Å². The van der Waals surface area contributed by atoms with E-state index in [1.165, 1.54) is 36.4 Å². The number of likely N-dealkylation sites (N-methyl/N-ethyl adjacent to an activating group) is 4. The molecule has 0 saturated heterocycles. The minimum absolute atomic E-state index is 0.0656. The van der Waals surface area contributed by atoms with Crippen molar-refractivity contribution in [1.29, 1.82) is 0 Å². The van der Waals surface area contributed by atoms with Crippen LogP contribution in [0.25, 0.3) is 0 Å². The molecule has 2 aliphatic rings. The third-order valence-electron chi connectivity index (χ3n) is 10.5. The maximum Gasteiger partial charge on any atom is 0.281 e. The van der Waals surface area contributed by atoms with Crippen molar-refractivity contribution in [3.63, 3.8) is 0 Å². The Labute approximate surface area is 375 Å². The van der Waals surface area contributed by atoms with Crippen LogP contribution >= 0.6 is 0 Å². The lowest BCUT2D eigenvalue weighted by Gasteiger charge is -2.23. The highest BCUT2D eigenvalue weighted by Gasteiger charge is 2.43. The van der Waals surface area contributed by atoms with Gasteiger partial charge in [0.25, 0.3) is 17.1 Å². The van der Waals surface area contributed by atoms with Gasteiger partial charge in [-0.15, -0.1) is 0 Å². The third-order valence-corrected chi connectivity index (χ3v) is 10.5. The molecule has 2 aliphatic carbocycles. The molecule has 0 bridgehead atoms. The van der Waals surface area contributed by atoms with E-state index in [1.807, 2.05) is 76.0 Å². The molecule has 0 amide bonds. The summed E-state index contributed by atoms with van der Waals surface area (Å²) in [6, 6.07) is 12.9. The van der Waals surface area contributed by atoms with Crippen molar-refractivity contribution in [1.82, 2.24) is 19.6 Å². The van der Waals surface area contributed by atoms with Crippen molar-refractivity contribution in [2.24, 2.45) is 0 Å². The van der Waals surface area contributed by atoms with E-state index in [9.17, 15) is 49.5 Å². The molecule has 65 heavy (non-hydrogen) atoms. The predicted octanol–water partition coefficient (Wildman–Crippen LogP) is 4.54. The molecule has 0 aliphatic heterocycles. The van der Waals surface area contributed by atoms with Crippen LogP contribution < -0.4 is 21.3 Å². The smallest absolute Gasteiger partial charge is 0.281 e. The standard InChI is InChI=1S/C22H26N6O6.C22H27N5O4/c1-25(2)11-9-23-13-5-7-15(27(31)32)19-17(13)21(29)20-16(28(33)34)8-6-14(18(20)22(19)30)24-10-12-26(3)4;1-25(2)12-10-23-15-7-5-6-14-18(15)22(29)20-17(27(30)31)9-8-16(19(20)21(14)28)24-11-13-26(3)4/h5-8,23-24H,9-12H2,1-4H3;5-9,23-24H,10-13H2,1-4H3. The summed E-state index contributed by atoms with van der Waals surface area (Å²) in [7, 11) is 15.1. The minimum Gasteiger partial charge on any atom is -0.383 e. The number of ketones is 4. The number of nitro benzene ring substituents is 3. The van der Waals surface area contributed by atoms with Gasteiger partial charge in [-0.3, -0.25) is 49.5 Å². The first-order chi connectivity index (χ1) is 30.8. The fraction of sp³-hybridized carbons (Fsp3) is 0.364. The Morgan fingerprint density at radius 2 is 0.662 bits per heavy atom. The Balaban J connectivity index is 0.000000245. The number of carbonyl (C=O) groups is 4. The number of anilines is 4. The number of carbonyl (C=O) groups excluding carboxylic acids is 4. The van der Waals surface area contributed by atoms with Crippen LogP contribution in [0, 0.1) is 30.3 Å². The van der Waals surface area contributed by atoms with Crippen molar-refractivity contribution in [3.05, 3.63) is 129 Å². The molecule has 0 radical (unpaired) electrons. The second kappa shape index (κ2) is 21.0. The Morgan fingerprint density at radius 3 is 0.954 bits per heavy atom. The largest absolute Gasteiger partial charge is 0.383 e. The lowest BCUT2D eigenvalue weighted by atomic mass is 9.80. The van der Waals surface area contributed by atoms with Crippen molar-refractivity contribution in [3.8, 4) is 0 Å². The maximum absolute atomic E-state index is 13.6. The van der Waals surface area contributed by atoms with Gasteiger partial charge < -0.3 is 40.9 Å². The lowest BCUT2D eigenvalue weighted by Crippen LogP contribution is -2.28. The molecule has 21 nitrogen and oxygen atoms in total. The topological polar surface area (TPSA) is 259 Å². The molecule has 0 fully saturated rings. The van der Waals surface area contributed by atoms with Crippen molar-refractivity contribution >= 4 is 62.9 Å². The number of hydrogen-bond donors (Lipinski definition) is 4. The van der Waals surface area contributed by atoms with Crippen molar-refractivity contribution < 1.29 is 33.9 Å². The van der Waals surface area contributed by atoms with Gasteiger partial charge >= 0.3 is 0 Å². The molecular formula is C44H53N11O10. The molecule has 21 heteroatoms. The first-order valence-corrected chi connectivity index (χ1v) is 20.6. The van der Waals surface area contributed by atoms with E-state index in [2.05, 4.69) is 21.3 Å². The fourth-order valence-corrected chi connectivity index (χ4v) is 7.37. The number of hydrogen-bond acceptors (Lipinski definition) is 18. The van der Waals surface area contributed by atoms with Gasteiger partial charge in [0.05, 0.1) is 37.0 Å². The first kappa shape index (κ1) is 48.8. The van der Waals surface area contributed by atoms with Crippen LogP contribution in [0.2, 0.25) is 0 Å². The van der Waals surface area contributed by atoms with Gasteiger partial charge in [-0.1, -0.05) is 12.1 Å². The second-order valence-corrected chi connectivity index (χ2v) is 16.4. The van der Waals surface area contributed by atoms with Crippen molar-refractivity contribution in [2.45, 2.75) is 0 Å². The van der Waals surface area contributed by atoms with Crippen LogP contribution in [0.15, 0.2) is 54.6 Å². The molecule has 0 atom stereocenters. The van der Waals surface area contributed by atoms with Gasteiger partial charge in [-0.05, 0) is 80.6 Å². The molecule has 344 valence electrons. The van der Waals surface area contributed by atoms with Crippen LogP contribution in [0.4, 0.5) is 39.8 Å². The Hall–Kier alpha value is -7.20. The highest BCUT2D eigenvalue weighted by Crippen LogP contribution is 2.43. The molecule has 0 saturated carbocycles. The zero-order chi connectivity index (χ0) is 47.9. The number of fused-ring (bicyclic) bond motifs is 4. The molecule has 4 N–H and O–H groups in total. The zero-order valence-corrected chi connectivity index (χ0v) is 37.6. The van der Waals surface area contributed by atoms with Crippen LogP contribution in [0.3, 0.4) is 0 Å². The molecule has 0 heterocycles. The molecule has 4 aromatic rings. The van der Waals surface area contributed by atoms with E-state index in [0.717, 1.165) is 6.54 Å². The van der Waals surface area contributed by atoms with Crippen LogP contribution in [0.1, 0.15) is 63.7 Å². The molecule has 0 unspecified atom stereocenters. The Bertz CT molecular complexity index is 2470. The number of benzene rings is 4. The predicted molar refractivity (Wildman–Crippen MR) is 248 cm³/mol. The number of nitro groups is 3. The molecule has 0 spiro atoms. The molecule has 0 aromatic heterocycles. The van der Waals surface area contributed by atoms with E-state index in [1.54, 1.807) is 18.2 Å². The zero-order valence-electron chi connectivity index (χ0n) is 37.6. The summed E-state index contributed by atoms with van der Waals surface area (Å²) >= 11 is 0. The summed E-state index contributed by atoms with van der Waals surface area (Å²) in [6.45, 7) is 4.46. The first-order valence-electron chi connectivity index (χ1n) is 20.6. The summed E-state index contributed by atoms with van der Waals surface area (Å²) < 4.78 is 0. The van der Waals surface area contributed by atoms with Crippen LogP contribution in [0.5, 0.6) is 0 Å². The molecule has 4 aromatic carbocycles. The quantitative estimate of drug-likeness (QED) is 0.0642. The van der Waals surface area contributed by atoms with Gasteiger partial charge in [-0.25, -0.2) is 0 Å². The normalized spacial score (nSPS) is 12.6. The second-order valence-electron chi connectivity index (χ2n) is 16.4. The summed E-state index contributed by atoms with van der Waals surface area (Å²) in [5.74, 6) is -2.51. The maximum atomic E-state index is 13.6. The van der Waals surface area contributed by atoms with E-state index in [0.29, 0.717) is 57.2 Å². The SMILES string of the molecule is CN(C)CCNc1ccc([N+](=O)[O-])c2c1C(=O)c1c([N+](=O)[O-])ccc(NCCN(C)C)c1C2=O.CN(C)CCNc1cccc2c1C(=O)c1c([N+](=O)[O-])ccc(NCCN(C)C)c1C2=O. The average Bonchev–Trinajstić information content (AvgIpc) is 3.23. The average molecular weight is 896 g/mol. The van der Waals surface area contributed by atoms with Gasteiger partial charge in [0.15, 0.2) is 5.78 Å². The summed E-state index contributed by atoms with van der Waals surface area (Å²) in [4.78, 5) is 95.0. The number of nitrogens with one attached hydrogen (secondary N) is 4. The third kappa shape index (κ3) is 10.8. The summed E-state index contributed by atoms with van der Waals surface area (Å²) in [6.07, 6.45) is 0. The van der Waals surface area contributed by atoms with E-state index < -0.39 is 49.3 Å². The van der Waals surface area contributed by atoms with E-state index in [-0.39, 0.29) is 61.6 Å². The molecule has 6 rings (SSSR count). The Morgan fingerprint density at radius 1 is 0.385 bits per heavy atom. The van der Waals surface area contributed by atoms with Gasteiger partial charge in [-0.2, -0.15) is 0 Å². The summed E-state index contributed by atoms with van der Waals surface area (Å²) in [5, 5.41) is 47.6. The minimum atomic E-state index is -0.802. The van der Waals surface area contributed by atoms with Crippen LogP contribution in [-0.2, 0) is 0 Å². The Kier molecular flexibility index (Phi) is 15.8. The van der Waals surface area contributed by atoms with Crippen LogP contribution in [-0.4, -0.2) is 166 Å². The number of nitrogens with zero attached hydrogens (tertiary/aromatic N) is 7. The highest BCUT2D eigenvalue weighted by atomic mass is 16.6. The van der Waals surface area contributed by atoms with E-state index in [4.69, 9.17) is 0 Å². The van der Waals surface area contributed by atoms with Gasteiger partial charge in [0, 0.05) is 98.9 Å². The summed E-state index contributed by atoms with van der Waals surface area (Å²) in [5.41, 5.74) is -0.878. The fourth-order valence-electron chi connectivity index (χ4n) is 7.37. The highest BCUT2D eigenvalue weighted by molar-refractivity contribution is 6.35.